The van der Waals surface area contributed by atoms with Crippen molar-refractivity contribution in [3.05, 3.63) is 66.1 Å². The molecule has 7 heteroatoms. The highest BCUT2D eigenvalue weighted by Crippen LogP contribution is 2.36. The molecule has 1 aromatic heterocycles. The van der Waals surface area contributed by atoms with Crippen molar-refractivity contribution in [2.75, 3.05) is 7.05 Å². The maximum Gasteiger partial charge on any atom is 0.410 e. The van der Waals surface area contributed by atoms with Crippen molar-refractivity contribution in [2.45, 2.75) is 83.8 Å². The zero-order chi connectivity index (χ0) is 25.1. The summed E-state index contributed by atoms with van der Waals surface area (Å²) in [5, 5.41) is 0.966. The van der Waals surface area contributed by atoms with Gasteiger partial charge in [0.2, 0.25) is 0 Å². The number of benzene rings is 1. The van der Waals surface area contributed by atoms with Gasteiger partial charge in [0.15, 0.2) is 0 Å². The van der Waals surface area contributed by atoms with E-state index in [1.165, 1.54) is 0 Å². The normalized spacial score (nSPS) is 23.4. The lowest BCUT2D eigenvalue weighted by molar-refractivity contribution is -0.172. The smallest absolute Gasteiger partial charge is 0.410 e. The first-order valence-corrected chi connectivity index (χ1v) is 15.0. The van der Waals surface area contributed by atoms with Crippen LogP contribution in [0.5, 0.6) is 0 Å². The van der Waals surface area contributed by atoms with Crippen molar-refractivity contribution in [1.82, 2.24) is 4.90 Å². The van der Waals surface area contributed by atoms with Crippen LogP contribution in [0, 0.1) is 0 Å². The van der Waals surface area contributed by atoms with Gasteiger partial charge in [-0.3, -0.25) is 0 Å². The average Bonchev–Trinajstić information content (AvgIpc) is 3.28. The number of furan rings is 1. The zero-order valence-electron chi connectivity index (χ0n) is 21.5. The predicted octanol–water partition coefficient (Wildman–Crippen LogP) is 5.59. The lowest BCUT2D eigenvalue weighted by Crippen LogP contribution is -2.55. The van der Waals surface area contributed by atoms with Gasteiger partial charge < -0.3 is 23.5 Å². The summed E-state index contributed by atoms with van der Waals surface area (Å²) >= 11 is 0. The molecule has 0 bridgehead atoms. The Kier molecular flexibility index (Phi) is 8.11. The maximum absolute atomic E-state index is 13.0. The van der Waals surface area contributed by atoms with E-state index >= 15 is 0 Å². The molecule has 3 rings (SSSR count). The molecular weight excluding hydrogens is 446 g/mol. The third-order valence-corrected chi connectivity index (χ3v) is 8.79. The fourth-order valence-electron chi connectivity index (χ4n) is 4.08. The van der Waals surface area contributed by atoms with Crippen molar-refractivity contribution < 1.29 is 23.4 Å². The first-order chi connectivity index (χ1) is 15.9. The Bertz CT molecular complexity index is 965. The van der Waals surface area contributed by atoms with Crippen LogP contribution in [-0.2, 0) is 20.8 Å². The Morgan fingerprint density at radius 2 is 1.88 bits per heavy atom. The topological polar surface area (TPSA) is 61.1 Å². The first kappa shape index (κ1) is 26.3. The average molecular weight is 486 g/mol. The number of rotatable bonds is 7. The first-order valence-electron chi connectivity index (χ1n) is 11.9. The van der Waals surface area contributed by atoms with E-state index in [-0.39, 0.29) is 30.4 Å². The van der Waals surface area contributed by atoms with Crippen LogP contribution >= 0.6 is 0 Å². The molecule has 0 N–H and O–H groups in total. The van der Waals surface area contributed by atoms with Crippen LogP contribution in [0.1, 0.15) is 51.5 Å². The highest BCUT2D eigenvalue weighted by atomic mass is 28.3. The van der Waals surface area contributed by atoms with Crippen molar-refractivity contribution in [3.8, 4) is 0 Å². The predicted molar refractivity (Wildman–Crippen MR) is 137 cm³/mol. The number of carbonyl (C=O) groups is 1. The van der Waals surface area contributed by atoms with Gasteiger partial charge >= 0.3 is 6.09 Å². The fourth-order valence-corrected chi connectivity index (χ4v) is 5.17. The molecule has 6 nitrogen and oxygen atoms in total. The van der Waals surface area contributed by atoms with E-state index in [0.717, 1.165) is 16.7 Å². The van der Waals surface area contributed by atoms with Crippen LogP contribution in [0.3, 0.4) is 0 Å². The number of hydrogen-bond donors (Lipinski definition) is 0. The lowest BCUT2D eigenvalue weighted by Gasteiger charge is -2.43. The van der Waals surface area contributed by atoms with Crippen molar-refractivity contribution in [1.29, 1.82) is 0 Å². The lowest BCUT2D eigenvalue weighted by atomic mass is 9.93. The Labute approximate surface area is 204 Å². The molecule has 0 aliphatic carbocycles. The Balaban J connectivity index is 1.84. The molecule has 1 aliphatic rings. The molecule has 0 saturated carbocycles. The van der Waals surface area contributed by atoms with E-state index in [1.54, 1.807) is 11.9 Å². The van der Waals surface area contributed by atoms with Gasteiger partial charge in [-0.2, -0.15) is 0 Å². The molecule has 1 aromatic carbocycles. The summed E-state index contributed by atoms with van der Waals surface area (Å²) < 4.78 is 24.6. The van der Waals surface area contributed by atoms with E-state index in [0.29, 0.717) is 13.0 Å². The van der Waals surface area contributed by atoms with Crippen LogP contribution < -0.4 is 5.38 Å². The zero-order valence-corrected chi connectivity index (χ0v) is 22.5. The number of carbonyl (C=O) groups excluding carboxylic acids is 1. The highest BCUT2D eigenvalue weighted by molar-refractivity contribution is 6.92. The second-order valence-electron chi connectivity index (χ2n) is 10.6. The number of nitrogens with zero attached hydrogens (tertiary/aromatic N) is 1. The molecular formula is C27H39NO5Si. The molecule has 1 saturated heterocycles. The molecule has 34 heavy (non-hydrogen) atoms. The molecule has 1 aliphatic heterocycles. The van der Waals surface area contributed by atoms with Crippen LogP contribution in [-0.4, -0.2) is 50.0 Å². The second kappa shape index (κ2) is 10.5. The van der Waals surface area contributed by atoms with Gasteiger partial charge in [-0.25, -0.2) is 4.79 Å². The van der Waals surface area contributed by atoms with Gasteiger partial charge in [-0.05, 0) is 45.4 Å². The van der Waals surface area contributed by atoms with Gasteiger partial charge in [0.1, 0.15) is 31.6 Å². The van der Waals surface area contributed by atoms with Gasteiger partial charge in [0.25, 0.3) is 0 Å². The van der Waals surface area contributed by atoms with E-state index < -0.39 is 13.7 Å². The van der Waals surface area contributed by atoms with Crippen LogP contribution in [0.15, 0.2) is 59.2 Å². The number of likely N-dealkylation sites (N-methyl/N-ethyl adjacent to an activating group) is 1. The van der Waals surface area contributed by atoms with Crippen molar-refractivity contribution in [2.24, 2.45) is 0 Å². The molecule has 2 aromatic rings. The molecule has 0 spiro atoms. The minimum Gasteiger partial charge on any atom is -0.468 e. The van der Waals surface area contributed by atoms with E-state index in [9.17, 15) is 4.79 Å². The quantitative estimate of drug-likeness (QED) is 0.478. The van der Waals surface area contributed by atoms with E-state index in [4.69, 9.17) is 18.6 Å². The maximum atomic E-state index is 13.0. The summed E-state index contributed by atoms with van der Waals surface area (Å²) in [5.74, 6) is 0.772. The molecule has 4 atom stereocenters. The molecule has 0 radical (unpaired) electrons. The third-order valence-electron chi connectivity index (χ3n) is 6.23. The standard InChI is InChI=1S/C27H39NO5Si/c1-9-34(7,8)24-16-15-22(32-24)23-17-21(28(6)26(29)33-27(3,4)5)25(19(2)31-23)30-18-20-13-11-10-12-14-20/h9-16,19,21,23,25H,1,17-18H2,2-8H3/t19-,21-,23-,25-/m1/s1. The largest absolute Gasteiger partial charge is 0.468 e. The molecule has 186 valence electrons. The molecule has 1 fully saturated rings. The van der Waals surface area contributed by atoms with Gasteiger partial charge in [0, 0.05) is 13.5 Å². The number of amides is 1. The Morgan fingerprint density at radius 1 is 1.21 bits per heavy atom. The summed E-state index contributed by atoms with van der Waals surface area (Å²) in [6, 6.07) is 13.8. The second-order valence-corrected chi connectivity index (χ2v) is 15.0. The fraction of sp³-hybridized carbons (Fsp3) is 0.519. The Hall–Kier alpha value is -2.35. The van der Waals surface area contributed by atoms with Crippen LogP contribution in [0.25, 0.3) is 0 Å². The summed E-state index contributed by atoms with van der Waals surface area (Å²) in [5.41, 5.74) is 2.49. The van der Waals surface area contributed by atoms with Gasteiger partial charge in [0.05, 0.1) is 24.1 Å². The van der Waals surface area contributed by atoms with Crippen molar-refractivity contribution in [3.63, 3.8) is 0 Å². The highest BCUT2D eigenvalue weighted by Gasteiger charge is 2.43. The van der Waals surface area contributed by atoms with E-state index in [1.807, 2.05) is 75.9 Å². The van der Waals surface area contributed by atoms with Crippen LogP contribution in [0.4, 0.5) is 4.79 Å². The van der Waals surface area contributed by atoms with E-state index in [2.05, 4.69) is 19.7 Å². The molecule has 2 heterocycles. The minimum absolute atomic E-state index is 0.245. The summed E-state index contributed by atoms with van der Waals surface area (Å²) in [7, 11) is -0.0560. The van der Waals surface area contributed by atoms with Crippen molar-refractivity contribution >= 4 is 19.6 Å². The summed E-state index contributed by atoms with van der Waals surface area (Å²) in [4.78, 5) is 14.6. The van der Waals surface area contributed by atoms with Gasteiger partial charge in [-0.1, -0.05) is 49.1 Å². The Morgan fingerprint density at radius 3 is 2.50 bits per heavy atom. The van der Waals surface area contributed by atoms with Gasteiger partial charge in [-0.15, -0.1) is 6.58 Å². The third kappa shape index (κ3) is 6.40. The summed E-state index contributed by atoms with van der Waals surface area (Å²) in [6.07, 6.45) is -0.690. The van der Waals surface area contributed by atoms with Crippen LogP contribution in [0.2, 0.25) is 13.1 Å². The number of hydrogen-bond acceptors (Lipinski definition) is 5. The monoisotopic (exact) mass is 485 g/mol. The molecule has 1 amide bonds. The SMILES string of the molecule is C=C[Si](C)(C)c1ccc([C@H]2C[C@@H](N(C)C(=O)OC(C)(C)C)[C@H](OCc3ccccc3)[C@@H](C)O2)o1. The minimum atomic E-state index is -1.83. The summed E-state index contributed by atoms with van der Waals surface area (Å²) in [6.45, 7) is 16.4. The molecule has 0 unspecified atom stereocenters. The number of ether oxygens (including phenoxy) is 3.